The summed E-state index contributed by atoms with van der Waals surface area (Å²) in [4.78, 5) is 20.8. The maximum Gasteiger partial charge on any atom is 0.222 e. The zero-order valence-corrected chi connectivity index (χ0v) is 13.5. The first-order valence-corrected chi connectivity index (χ1v) is 7.87. The van der Waals surface area contributed by atoms with E-state index in [1.165, 1.54) is 0 Å². The fourth-order valence-electron chi connectivity index (χ4n) is 2.65. The lowest BCUT2D eigenvalue weighted by atomic mass is 10.3. The third kappa shape index (κ3) is 3.41. The predicted molar refractivity (Wildman–Crippen MR) is 88.0 cm³/mol. The normalized spacial score (nSPS) is 11.0. The van der Waals surface area contributed by atoms with E-state index >= 15 is 0 Å². The van der Waals surface area contributed by atoms with Gasteiger partial charge in [0.1, 0.15) is 11.5 Å². The van der Waals surface area contributed by atoms with Crippen LogP contribution in [0.4, 0.5) is 0 Å². The Bertz CT molecular complexity index is 817. The van der Waals surface area contributed by atoms with E-state index in [0.717, 1.165) is 29.1 Å². The second kappa shape index (κ2) is 6.64. The van der Waals surface area contributed by atoms with E-state index in [1.54, 1.807) is 6.20 Å². The summed E-state index contributed by atoms with van der Waals surface area (Å²) in [5, 5.41) is 2.93. The van der Waals surface area contributed by atoms with Crippen molar-refractivity contribution in [2.24, 2.45) is 0 Å². The quantitative estimate of drug-likeness (QED) is 0.758. The first-order valence-electron chi connectivity index (χ1n) is 7.87. The third-order valence-electron chi connectivity index (χ3n) is 3.89. The van der Waals surface area contributed by atoms with Crippen molar-refractivity contribution in [3.05, 3.63) is 54.0 Å². The molecule has 0 aliphatic carbocycles. The summed E-state index contributed by atoms with van der Waals surface area (Å²) < 4.78 is 4.00. The van der Waals surface area contributed by atoms with E-state index in [4.69, 9.17) is 0 Å². The molecule has 0 radical (unpaired) electrons. The van der Waals surface area contributed by atoms with Gasteiger partial charge in [-0.05, 0) is 18.6 Å². The monoisotopic (exact) mass is 311 g/mol. The maximum absolute atomic E-state index is 12.0. The van der Waals surface area contributed by atoms with Gasteiger partial charge in [-0.25, -0.2) is 9.97 Å². The smallest absolute Gasteiger partial charge is 0.222 e. The molecule has 0 aliphatic heterocycles. The van der Waals surface area contributed by atoms with Gasteiger partial charge in [0.25, 0.3) is 0 Å². The van der Waals surface area contributed by atoms with Crippen LogP contribution in [0, 0.1) is 6.92 Å². The average molecular weight is 311 g/mol. The number of imidazole rings is 2. The SMILES string of the molecule is CCc1nccn1CCC(=O)NCc1cn2cccc(C)c2n1. The van der Waals surface area contributed by atoms with Gasteiger partial charge in [-0.1, -0.05) is 13.0 Å². The number of amides is 1. The summed E-state index contributed by atoms with van der Waals surface area (Å²) in [6, 6.07) is 4.02. The highest BCUT2D eigenvalue weighted by Crippen LogP contribution is 2.09. The van der Waals surface area contributed by atoms with Crippen LogP contribution in [0.25, 0.3) is 5.65 Å². The van der Waals surface area contributed by atoms with Gasteiger partial charge in [-0.2, -0.15) is 0 Å². The Morgan fingerprint density at radius 1 is 1.35 bits per heavy atom. The molecule has 6 heteroatoms. The average Bonchev–Trinajstić information content (AvgIpc) is 3.17. The Morgan fingerprint density at radius 3 is 3.00 bits per heavy atom. The maximum atomic E-state index is 12.0. The molecule has 1 N–H and O–H groups in total. The fraction of sp³-hybridized carbons (Fsp3) is 0.353. The number of aryl methyl sites for hydroxylation is 3. The second-order valence-corrected chi connectivity index (χ2v) is 5.57. The van der Waals surface area contributed by atoms with Gasteiger partial charge in [0.05, 0.1) is 12.2 Å². The van der Waals surface area contributed by atoms with Crippen LogP contribution in [0.5, 0.6) is 0 Å². The van der Waals surface area contributed by atoms with Gasteiger partial charge >= 0.3 is 0 Å². The molecule has 120 valence electrons. The number of hydrogen-bond donors (Lipinski definition) is 1. The summed E-state index contributed by atoms with van der Waals surface area (Å²) in [5.74, 6) is 1.03. The van der Waals surface area contributed by atoms with Crippen molar-refractivity contribution in [2.75, 3.05) is 0 Å². The summed E-state index contributed by atoms with van der Waals surface area (Å²) in [7, 11) is 0. The molecule has 0 atom stereocenters. The lowest BCUT2D eigenvalue weighted by molar-refractivity contribution is -0.121. The fourth-order valence-corrected chi connectivity index (χ4v) is 2.65. The van der Waals surface area contributed by atoms with Crippen molar-refractivity contribution in [1.82, 2.24) is 24.3 Å². The van der Waals surface area contributed by atoms with Crippen LogP contribution in [-0.2, 0) is 24.3 Å². The molecule has 0 saturated heterocycles. The van der Waals surface area contributed by atoms with Crippen LogP contribution < -0.4 is 5.32 Å². The number of carbonyl (C=O) groups excluding carboxylic acids is 1. The Kier molecular flexibility index (Phi) is 4.41. The van der Waals surface area contributed by atoms with Crippen molar-refractivity contribution in [2.45, 2.75) is 39.8 Å². The molecule has 6 nitrogen and oxygen atoms in total. The molecule has 3 rings (SSSR count). The van der Waals surface area contributed by atoms with Gasteiger partial charge in [0.15, 0.2) is 0 Å². The van der Waals surface area contributed by atoms with E-state index in [1.807, 2.05) is 46.6 Å². The first kappa shape index (κ1) is 15.3. The molecule has 0 unspecified atom stereocenters. The van der Waals surface area contributed by atoms with Crippen molar-refractivity contribution in [3.8, 4) is 0 Å². The number of carbonyl (C=O) groups is 1. The lowest BCUT2D eigenvalue weighted by Crippen LogP contribution is -2.24. The minimum absolute atomic E-state index is 0.0227. The molecule has 23 heavy (non-hydrogen) atoms. The molecule has 1 amide bonds. The van der Waals surface area contributed by atoms with E-state index < -0.39 is 0 Å². The molecule has 3 aromatic heterocycles. The molecule has 0 spiro atoms. The van der Waals surface area contributed by atoms with Gasteiger partial charge in [0, 0.05) is 44.2 Å². The van der Waals surface area contributed by atoms with Gasteiger partial charge in [-0.15, -0.1) is 0 Å². The van der Waals surface area contributed by atoms with Gasteiger partial charge in [0.2, 0.25) is 5.91 Å². The van der Waals surface area contributed by atoms with Crippen LogP contribution in [0.2, 0.25) is 0 Å². The number of nitrogens with zero attached hydrogens (tertiary/aromatic N) is 4. The number of aromatic nitrogens is 4. The van der Waals surface area contributed by atoms with Crippen molar-refractivity contribution >= 4 is 11.6 Å². The summed E-state index contributed by atoms with van der Waals surface area (Å²) >= 11 is 0. The first-order chi connectivity index (χ1) is 11.2. The minimum Gasteiger partial charge on any atom is -0.350 e. The van der Waals surface area contributed by atoms with Crippen molar-refractivity contribution < 1.29 is 4.79 Å². The Hall–Kier alpha value is -2.63. The predicted octanol–water partition coefficient (Wildman–Crippen LogP) is 2.11. The molecule has 0 bridgehead atoms. The minimum atomic E-state index is 0.0227. The van der Waals surface area contributed by atoms with Crippen LogP contribution in [0.1, 0.15) is 30.4 Å². The third-order valence-corrected chi connectivity index (χ3v) is 3.89. The van der Waals surface area contributed by atoms with E-state index in [2.05, 4.69) is 22.2 Å². The molecule has 0 aliphatic rings. The van der Waals surface area contributed by atoms with Crippen LogP contribution in [0.3, 0.4) is 0 Å². The largest absolute Gasteiger partial charge is 0.350 e. The van der Waals surface area contributed by atoms with Crippen molar-refractivity contribution in [1.29, 1.82) is 0 Å². The van der Waals surface area contributed by atoms with E-state index in [9.17, 15) is 4.79 Å². The molecule has 0 fully saturated rings. The summed E-state index contributed by atoms with van der Waals surface area (Å²) in [6.07, 6.45) is 8.91. The Balaban J connectivity index is 1.55. The Labute approximate surface area is 135 Å². The van der Waals surface area contributed by atoms with Crippen LogP contribution >= 0.6 is 0 Å². The number of nitrogens with one attached hydrogen (secondary N) is 1. The second-order valence-electron chi connectivity index (χ2n) is 5.57. The standard InChI is InChI=1S/C17H21N5O/c1-3-15-18-7-10-21(15)9-6-16(23)19-11-14-12-22-8-4-5-13(2)17(22)20-14/h4-5,7-8,10,12H,3,6,9,11H2,1-2H3,(H,19,23). The number of pyridine rings is 1. The molecule has 3 heterocycles. The van der Waals surface area contributed by atoms with Crippen LogP contribution in [0.15, 0.2) is 36.9 Å². The Morgan fingerprint density at radius 2 is 2.22 bits per heavy atom. The summed E-state index contributed by atoms with van der Waals surface area (Å²) in [5.41, 5.74) is 2.92. The number of fused-ring (bicyclic) bond motifs is 1. The topological polar surface area (TPSA) is 64.2 Å². The summed E-state index contributed by atoms with van der Waals surface area (Å²) in [6.45, 7) is 5.19. The number of rotatable bonds is 6. The molecule has 0 saturated carbocycles. The highest BCUT2D eigenvalue weighted by Gasteiger charge is 2.07. The molecule has 0 aromatic carbocycles. The molecular weight excluding hydrogens is 290 g/mol. The van der Waals surface area contributed by atoms with Crippen molar-refractivity contribution in [3.63, 3.8) is 0 Å². The van der Waals surface area contributed by atoms with Gasteiger partial charge < -0.3 is 14.3 Å². The zero-order valence-electron chi connectivity index (χ0n) is 13.5. The van der Waals surface area contributed by atoms with Gasteiger partial charge in [-0.3, -0.25) is 4.79 Å². The lowest BCUT2D eigenvalue weighted by Gasteiger charge is -2.06. The van der Waals surface area contributed by atoms with E-state index in [0.29, 0.717) is 19.5 Å². The molecule has 3 aromatic rings. The molecular formula is C17H21N5O. The highest BCUT2D eigenvalue weighted by molar-refractivity contribution is 5.75. The van der Waals surface area contributed by atoms with Crippen LogP contribution in [-0.4, -0.2) is 24.8 Å². The highest BCUT2D eigenvalue weighted by atomic mass is 16.1. The number of hydrogen-bond acceptors (Lipinski definition) is 3. The van der Waals surface area contributed by atoms with E-state index in [-0.39, 0.29) is 5.91 Å². The zero-order chi connectivity index (χ0) is 16.2.